The Balaban J connectivity index is 1.50. The van der Waals surface area contributed by atoms with Crippen molar-refractivity contribution >= 4 is 43.1 Å². The van der Waals surface area contributed by atoms with Crippen LogP contribution in [0.1, 0.15) is 11.1 Å². The van der Waals surface area contributed by atoms with E-state index in [1.165, 1.54) is 24.3 Å². The molecule has 1 aliphatic rings. The largest absolute Gasteiger partial charge is 0.284 e. The molecule has 0 unspecified atom stereocenters. The Labute approximate surface area is 244 Å². The molecule has 8 nitrogen and oxygen atoms in total. The molecule has 0 N–H and O–H groups in total. The fourth-order valence-electron chi connectivity index (χ4n) is 3.81. The van der Waals surface area contributed by atoms with Crippen LogP contribution < -0.4 is 0 Å². The molecule has 0 saturated heterocycles. The molecule has 0 radical (unpaired) electrons. The maximum Gasteiger partial charge on any atom is 0.284 e. The van der Waals surface area contributed by atoms with Gasteiger partial charge in [-0.15, -0.1) is 8.80 Å². The summed E-state index contributed by atoms with van der Waals surface area (Å²) in [5, 5.41) is 0. The van der Waals surface area contributed by atoms with Crippen LogP contribution in [0.2, 0.25) is 0 Å². The van der Waals surface area contributed by atoms with Crippen LogP contribution in [0.25, 0.3) is 0 Å². The smallest absolute Gasteiger partial charge is 0.228 e. The minimum Gasteiger partial charge on any atom is -0.228 e. The Morgan fingerprint density at radius 2 is 0.690 bits per heavy atom. The molecule has 4 aromatic carbocycles. The van der Waals surface area contributed by atoms with Gasteiger partial charge in [0.15, 0.2) is 11.7 Å². The van der Waals surface area contributed by atoms with Gasteiger partial charge in [-0.3, -0.25) is 0 Å². The summed E-state index contributed by atoms with van der Waals surface area (Å²) in [5.41, 5.74) is 1.90. The number of nitrogens with zero attached hydrogens (tertiary/aromatic N) is 4. The molecule has 5 rings (SSSR count). The first-order valence-electron chi connectivity index (χ1n) is 12.7. The summed E-state index contributed by atoms with van der Waals surface area (Å²) in [7, 11) is -8.04. The highest BCUT2D eigenvalue weighted by molar-refractivity contribution is 7.90. The molecule has 0 atom stereocenters. The summed E-state index contributed by atoms with van der Waals surface area (Å²) < 4.78 is 60.1. The number of sulfonamides is 2. The van der Waals surface area contributed by atoms with Crippen molar-refractivity contribution in [1.82, 2.24) is 0 Å². The average molecular weight is 593 g/mol. The van der Waals surface area contributed by atoms with Crippen LogP contribution in [-0.4, -0.2) is 39.9 Å². The lowest BCUT2D eigenvalue weighted by Gasteiger charge is -2.08. The number of rotatable bonds is 6. The molecule has 0 aliphatic heterocycles. The summed E-state index contributed by atoms with van der Waals surface area (Å²) in [6.45, 7) is 0. The molecule has 1 aliphatic carbocycles. The van der Waals surface area contributed by atoms with E-state index in [1.54, 1.807) is 109 Å². The van der Waals surface area contributed by atoms with Crippen molar-refractivity contribution in [3.8, 4) is 0 Å². The first kappa shape index (κ1) is 28.5. The van der Waals surface area contributed by atoms with E-state index in [1.807, 2.05) is 12.1 Å². The van der Waals surface area contributed by atoms with Crippen LogP contribution in [0.15, 0.2) is 174 Å². The normalized spacial score (nSPS) is 14.1. The van der Waals surface area contributed by atoms with Crippen molar-refractivity contribution in [2.75, 3.05) is 0 Å². The van der Waals surface area contributed by atoms with E-state index in [9.17, 15) is 16.8 Å². The molecule has 0 saturated carbocycles. The lowest BCUT2D eigenvalue weighted by atomic mass is 10.1. The van der Waals surface area contributed by atoms with Gasteiger partial charge >= 0.3 is 0 Å². The van der Waals surface area contributed by atoms with Crippen LogP contribution in [0.4, 0.5) is 0 Å². The van der Waals surface area contributed by atoms with Crippen molar-refractivity contribution in [2.45, 2.75) is 9.79 Å². The molecule has 0 heterocycles. The molecule has 208 valence electrons. The minimum atomic E-state index is -4.02. The fourth-order valence-corrected chi connectivity index (χ4v) is 5.77. The molecule has 0 amide bonds. The zero-order chi connectivity index (χ0) is 29.4. The summed E-state index contributed by atoms with van der Waals surface area (Å²) in [6.07, 6.45) is 6.56. The van der Waals surface area contributed by atoms with Crippen LogP contribution in [0.5, 0.6) is 0 Å². The average Bonchev–Trinajstić information content (AvgIpc) is 3.03. The summed E-state index contributed by atoms with van der Waals surface area (Å²) in [6, 6.07) is 33.5. The molecule has 0 aromatic heterocycles. The Morgan fingerprint density at radius 3 is 1.00 bits per heavy atom. The van der Waals surface area contributed by atoms with Gasteiger partial charge in [0.2, 0.25) is 0 Å². The third-order valence-electron chi connectivity index (χ3n) is 5.88. The Kier molecular flexibility index (Phi) is 8.56. The Bertz CT molecular complexity index is 1800. The molecule has 0 spiro atoms. The highest BCUT2D eigenvalue weighted by Gasteiger charge is 2.17. The summed E-state index contributed by atoms with van der Waals surface area (Å²) in [5.74, 6) is 0.0364. The van der Waals surface area contributed by atoms with Crippen LogP contribution in [0.3, 0.4) is 0 Å². The first-order chi connectivity index (χ1) is 20.3. The minimum absolute atomic E-state index is 0.0182. The van der Waals surface area contributed by atoms with Gasteiger partial charge < -0.3 is 0 Å². The Hall–Kier alpha value is -5.06. The van der Waals surface area contributed by atoms with E-state index < -0.39 is 20.0 Å². The van der Waals surface area contributed by atoms with Crippen molar-refractivity contribution in [3.63, 3.8) is 0 Å². The van der Waals surface area contributed by atoms with Crippen molar-refractivity contribution < 1.29 is 16.8 Å². The third-order valence-corrected chi connectivity index (χ3v) is 8.44. The van der Waals surface area contributed by atoms with E-state index in [4.69, 9.17) is 0 Å². The van der Waals surface area contributed by atoms with Crippen molar-refractivity contribution in [3.05, 3.63) is 157 Å². The second-order valence-corrected chi connectivity index (χ2v) is 12.1. The molecule has 0 fully saturated rings. The van der Waals surface area contributed by atoms with Crippen LogP contribution >= 0.6 is 0 Å². The molecule has 10 heteroatoms. The predicted molar refractivity (Wildman–Crippen MR) is 166 cm³/mol. The SMILES string of the molecule is O=S(=O)(/N=C(/N=C1C=CC(=N/C(=N/S(=O)(=O)c2ccccc2)c2ccccc2)C=C1)c1ccccc1)c1ccccc1. The quantitative estimate of drug-likeness (QED) is 0.163. The van der Waals surface area contributed by atoms with E-state index >= 15 is 0 Å². The maximum absolute atomic E-state index is 13.0. The number of hydrogen-bond donors (Lipinski definition) is 0. The monoisotopic (exact) mass is 592 g/mol. The zero-order valence-corrected chi connectivity index (χ0v) is 23.7. The number of allylic oxidation sites excluding steroid dienone is 4. The van der Waals surface area contributed by atoms with Gasteiger partial charge in [-0.1, -0.05) is 97.1 Å². The predicted octanol–water partition coefficient (Wildman–Crippen LogP) is 5.67. The van der Waals surface area contributed by atoms with E-state index in [-0.39, 0.29) is 21.5 Å². The summed E-state index contributed by atoms with van der Waals surface area (Å²) >= 11 is 0. The first-order valence-corrected chi connectivity index (χ1v) is 15.6. The standard InChI is InChI=1S/C32H24N4O4S2/c37-41(38,29-17-9-3-10-18-29)35-31(25-13-5-1-6-14-25)33-27-21-23-28(24-22-27)34-32(26-15-7-2-8-16-26)36-42(39,40)30-19-11-4-12-20-30/h1-24H/b33-27?,34-28?,35-31+,36-32+. The number of benzene rings is 4. The van der Waals surface area contributed by atoms with Gasteiger partial charge in [0, 0.05) is 11.1 Å². The van der Waals surface area contributed by atoms with Gasteiger partial charge in [-0.2, -0.15) is 16.8 Å². The van der Waals surface area contributed by atoms with Crippen LogP contribution in [0, 0.1) is 0 Å². The van der Waals surface area contributed by atoms with Crippen molar-refractivity contribution in [2.24, 2.45) is 18.8 Å². The van der Waals surface area contributed by atoms with Crippen LogP contribution in [-0.2, 0) is 20.0 Å². The van der Waals surface area contributed by atoms with E-state index in [0.29, 0.717) is 22.6 Å². The molecule has 4 aromatic rings. The van der Waals surface area contributed by atoms with Gasteiger partial charge in [0.05, 0.1) is 21.2 Å². The number of aliphatic imine (C=N–C) groups is 2. The highest BCUT2D eigenvalue weighted by atomic mass is 32.2. The van der Waals surface area contributed by atoms with Crippen molar-refractivity contribution in [1.29, 1.82) is 0 Å². The van der Waals surface area contributed by atoms with Gasteiger partial charge in [0.1, 0.15) is 0 Å². The fraction of sp³-hybridized carbons (Fsp3) is 0. The highest BCUT2D eigenvalue weighted by Crippen LogP contribution is 2.17. The van der Waals surface area contributed by atoms with Gasteiger partial charge in [-0.05, 0) is 48.6 Å². The molecule has 0 bridgehead atoms. The molecular weight excluding hydrogens is 569 g/mol. The molecule has 42 heavy (non-hydrogen) atoms. The lowest BCUT2D eigenvalue weighted by molar-refractivity contribution is 0.596. The lowest BCUT2D eigenvalue weighted by Crippen LogP contribution is -2.10. The third kappa shape index (κ3) is 7.17. The zero-order valence-electron chi connectivity index (χ0n) is 22.1. The number of hydrogen-bond acceptors (Lipinski definition) is 4. The molecular formula is C32H24N4O4S2. The van der Waals surface area contributed by atoms with E-state index in [2.05, 4.69) is 18.8 Å². The topological polar surface area (TPSA) is 118 Å². The Morgan fingerprint density at radius 1 is 0.405 bits per heavy atom. The number of amidine groups is 2. The maximum atomic E-state index is 13.0. The van der Waals surface area contributed by atoms with E-state index in [0.717, 1.165) is 0 Å². The second kappa shape index (κ2) is 12.6. The van der Waals surface area contributed by atoms with Gasteiger partial charge in [-0.25, -0.2) is 9.98 Å². The summed E-state index contributed by atoms with van der Waals surface area (Å²) in [4.78, 5) is 9.15. The second-order valence-electron chi connectivity index (χ2n) is 8.88. The van der Waals surface area contributed by atoms with Gasteiger partial charge in [0.25, 0.3) is 20.0 Å².